The third-order valence-corrected chi connectivity index (χ3v) is 5.08. The van der Waals surface area contributed by atoms with Gasteiger partial charge in [-0.15, -0.1) is 6.58 Å². The number of methoxy groups -OCH3 is 1. The Hall–Kier alpha value is -3.13. The van der Waals surface area contributed by atoms with Crippen molar-refractivity contribution in [1.82, 2.24) is 15.6 Å². The fraction of sp³-hybridized carbons (Fsp3) is 0.435. The van der Waals surface area contributed by atoms with E-state index in [-0.39, 0.29) is 18.0 Å². The van der Waals surface area contributed by atoms with Crippen LogP contribution in [0.25, 0.3) is 0 Å². The van der Waals surface area contributed by atoms with Crippen LogP contribution in [0.2, 0.25) is 0 Å². The van der Waals surface area contributed by atoms with Crippen molar-refractivity contribution < 1.29 is 9.53 Å². The summed E-state index contributed by atoms with van der Waals surface area (Å²) in [5.41, 5.74) is 3.06. The lowest BCUT2D eigenvalue weighted by Crippen LogP contribution is -2.38. The lowest BCUT2D eigenvalue weighted by molar-refractivity contribution is -0.117. The van der Waals surface area contributed by atoms with Crippen molar-refractivity contribution in [3.05, 3.63) is 54.9 Å². The minimum absolute atomic E-state index is 0.00276. The number of aliphatic imine (C=N–C) groups is 1. The zero-order valence-corrected chi connectivity index (χ0v) is 18.7. The van der Waals surface area contributed by atoms with Gasteiger partial charge in [0, 0.05) is 31.3 Å². The highest BCUT2D eigenvalue weighted by Gasteiger charge is 2.24. The summed E-state index contributed by atoms with van der Waals surface area (Å²) < 4.78 is 5.18. The SMILES string of the molecule is C=CCC/C(=C\N=C(C)OC)C1NCNc2ncc(NCC(CC)NC(=O)C=C)cc21. The normalized spacial score (nSPS) is 17.1. The molecule has 1 aromatic rings. The predicted molar refractivity (Wildman–Crippen MR) is 127 cm³/mol. The Kier molecular flexibility index (Phi) is 9.77. The number of rotatable bonds is 11. The van der Waals surface area contributed by atoms with E-state index in [0.717, 1.165) is 41.9 Å². The van der Waals surface area contributed by atoms with Crippen molar-refractivity contribution in [2.75, 3.05) is 31.0 Å². The van der Waals surface area contributed by atoms with E-state index in [2.05, 4.69) is 50.5 Å². The first kappa shape index (κ1) is 24.1. The Morgan fingerprint density at radius 1 is 1.48 bits per heavy atom. The zero-order valence-electron chi connectivity index (χ0n) is 18.7. The highest BCUT2D eigenvalue weighted by Crippen LogP contribution is 2.33. The molecule has 168 valence electrons. The molecule has 0 saturated carbocycles. The van der Waals surface area contributed by atoms with E-state index in [0.29, 0.717) is 19.1 Å². The second-order valence-electron chi connectivity index (χ2n) is 7.23. The van der Waals surface area contributed by atoms with Crippen molar-refractivity contribution in [2.45, 2.75) is 45.2 Å². The lowest BCUT2D eigenvalue weighted by atomic mass is 9.94. The molecule has 1 amide bonds. The standard InChI is InChI=1S/C23H34N6O2/c1-6-9-10-17(12-24-16(4)31-5)22-20-11-19(14-26-23(20)28-15-27-22)25-13-18(7-2)29-21(30)8-3/h6,8,11-12,14,18,22,25,27H,1,3,7,9-10,13,15H2,2,4-5H3,(H,26,28)(H,29,30)/b17-12+,24-16?. The van der Waals surface area contributed by atoms with E-state index in [9.17, 15) is 4.79 Å². The first-order valence-corrected chi connectivity index (χ1v) is 10.5. The number of hydrogen-bond acceptors (Lipinski definition) is 7. The molecule has 8 nitrogen and oxygen atoms in total. The van der Waals surface area contributed by atoms with Crippen LogP contribution in [0, 0.1) is 0 Å². The fourth-order valence-electron chi connectivity index (χ4n) is 3.20. The molecule has 8 heteroatoms. The van der Waals surface area contributed by atoms with Crippen molar-refractivity contribution in [2.24, 2.45) is 4.99 Å². The van der Waals surface area contributed by atoms with E-state index in [1.54, 1.807) is 13.3 Å². The van der Waals surface area contributed by atoms with Crippen molar-refractivity contribution in [3.8, 4) is 0 Å². The number of ether oxygens (including phenoxy) is 1. The van der Waals surface area contributed by atoms with Crippen LogP contribution in [0.15, 0.2) is 54.3 Å². The number of amides is 1. The molecule has 0 fully saturated rings. The predicted octanol–water partition coefficient (Wildman–Crippen LogP) is 3.50. The number of anilines is 2. The average Bonchev–Trinajstić information content (AvgIpc) is 2.80. The lowest BCUT2D eigenvalue weighted by Gasteiger charge is -2.29. The van der Waals surface area contributed by atoms with Crippen LogP contribution < -0.4 is 21.3 Å². The molecule has 0 radical (unpaired) electrons. The Labute approximate surface area is 185 Å². The van der Waals surface area contributed by atoms with Crippen LogP contribution in [0.3, 0.4) is 0 Å². The minimum atomic E-state index is -0.172. The summed E-state index contributed by atoms with van der Waals surface area (Å²) in [5, 5.41) is 13.1. The molecule has 1 aliphatic rings. The molecule has 2 unspecified atom stereocenters. The summed E-state index contributed by atoms with van der Waals surface area (Å²) in [4.78, 5) is 20.6. The molecule has 1 aliphatic heterocycles. The topological polar surface area (TPSA) is 99.7 Å². The Bertz CT molecular complexity index is 833. The smallest absolute Gasteiger partial charge is 0.243 e. The molecule has 0 bridgehead atoms. The van der Waals surface area contributed by atoms with Gasteiger partial charge >= 0.3 is 0 Å². The summed E-state index contributed by atoms with van der Waals surface area (Å²) >= 11 is 0. The largest absolute Gasteiger partial charge is 0.484 e. The fourth-order valence-corrected chi connectivity index (χ4v) is 3.20. The van der Waals surface area contributed by atoms with E-state index in [1.807, 2.05) is 26.1 Å². The summed E-state index contributed by atoms with van der Waals surface area (Å²) in [6, 6.07) is 2.06. The van der Waals surface area contributed by atoms with E-state index in [4.69, 9.17) is 4.74 Å². The molecule has 4 N–H and O–H groups in total. The van der Waals surface area contributed by atoms with E-state index in [1.165, 1.54) is 6.08 Å². The van der Waals surface area contributed by atoms with Gasteiger partial charge in [-0.3, -0.25) is 10.1 Å². The molecule has 0 saturated heterocycles. The van der Waals surface area contributed by atoms with Gasteiger partial charge in [0.05, 0.1) is 31.7 Å². The second kappa shape index (κ2) is 12.5. The summed E-state index contributed by atoms with van der Waals surface area (Å²) in [6.07, 6.45) is 9.34. The maximum Gasteiger partial charge on any atom is 0.243 e. The highest BCUT2D eigenvalue weighted by atomic mass is 16.5. The van der Waals surface area contributed by atoms with Gasteiger partial charge in [0.2, 0.25) is 5.91 Å². The van der Waals surface area contributed by atoms with Gasteiger partial charge < -0.3 is 20.7 Å². The number of fused-ring (bicyclic) bond motifs is 1. The number of carbonyl (C=O) groups excluding carboxylic acids is 1. The number of carbonyl (C=O) groups is 1. The third-order valence-electron chi connectivity index (χ3n) is 5.08. The molecule has 2 rings (SSSR count). The molecule has 0 spiro atoms. The molecule has 0 aliphatic carbocycles. The van der Waals surface area contributed by atoms with Gasteiger partial charge in [0.25, 0.3) is 0 Å². The van der Waals surface area contributed by atoms with Crippen molar-refractivity contribution >= 4 is 23.3 Å². The minimum Gasteiger partial charge on any atom is -0.484 e. The van der Waals surface area contributed by atoms with Gasteiger partial charge in [-0.2, -0.15) is 0 Å². The molecule has 1 aromatic heterocycles. The van der Waals surface area contributed by atoms with Gasteiger partial charge in [0.15, 0.2) is 5.90 Å². The average molecular weight is 427 g/mol. The molecule has 2 heterocycles. The number of pyridine rings is 1. The van der Waals surface area contributed by atoms with Crippen LogP contribution in [-0.2, 0) is 9.53 Å². The Morgan fingerprint density at radius 3 is 2.97 bits per heavy atom. The van der Waals surface area contributed by atoms with Crippen LogP contribution in [0.4, 0.5) is 11.5 Å². The Balaban J connectivity index is 2.24. The second-order valence-corrected chi connectivity index (χ2v) is 7.23. The number of nitrogens with zero attached hydrogens (tertiary/aromatic N) is 2. The zero-order chi connectivity index (χ0) is 22.6. The molecule has 31 heavy (non-hydrogen) atoms. The van der Waals surface area contributed by atoms with Gasteiger partial charge in [0.1, 0.15) is 5.82 Å². The summed E-state index contributed by atoms with van der Waals surface area (Å²) in [5.74, 6) is 1.28. The molecular weight excluding hydrogens is 392 g/mol. The Morgan fingerprint density at radius 2 is 2.29 bits per heavy atom. The summed E-state index contributed by atoms with van der Waals surface area (Å²) in [6.45, 7) is 12.4. The van der Waals surface area contributed by atoms with Crippen LogP contribution in [0.5, 0.6) is 0 Å². The first-order valence-electron chi connectivity index (χ1n) is 10.5. The van der Waals surface area contributed by atoms with Crippen LogP contribution in [0.1, 0.15) is 44.7 Å². The van der Waals surface area contributed by atoms with E-state index < -0.39 is 0 Å². The number of allylic oxidation sites excluding steroid dienone is 1. The first-order chi connectivity index (χ1) is 15.0. The third kappa shape index (κ3) is 7.25. The quantitative estimate of drug-likeness (QED) is 0.187. The van der Waals surface area contributed by atoms with Gasteiger partial charge in [-0.25, -0.2) is 9.98 Å². The number of hydrogen-bond donors (Lipinski definition) is 4. The maximum absolute atomic E-state index is 11.6. The highest BCUT2D eigenvalue weighted by molar-refractivity contribution is 5.87. The van der Waals surface area contributed by atoms with Crippen molar-refractivity contribution in [1.29, 1.82) is 0 Å². The van der Waals surface area contributed by atoms with Gasteiger partial charge in [-0.1, -0.05) is 19.6 Å². The monoisotopic (exact) mass is 426 g/mol. The molecular formula is C23H34N6O2. The number of aromatic nitrogens is 1. The number of nitrogens with one attached hydrogen (secondary N) is 4. The maximum atomic E-state index is 11.6. The van der Waals surface area contributed by atoms with Gasteiger partial charge in [-0.05, 0) is 37.0 Å². The van der Waals surface area contributed by atoms with Crippen LogP contribution >= 0.6 is 0 Å². The molecule has 0 aromatic carbocycles. The molecule has 2 atom stereocenters. The van der Waals surface area contributed by atoms with E-state index >= 15 is 0 Å². The van der Waals surface area contributed by atoms with Crippen molar-refractivity contribution in [3.63, 3.8) is 0 Å². The van der Waals surface area contributed by atoms with Crippen LogP contribution in [-0.4, -0.2) is 43.2 Å². The summed E-state index contributed by atoms with van der Waals surface area (Å²) in [7, 11) is 1.61.